The van der Waals surface area contributed by atoms with Crippen molar-refractivity contribution in [3.05, 3.63) is 24.2 Å². The van der Waals surface area contributed by atoms with Gasteiger partial charge in [-0.15, -0.1) is 0 Å². The van der Waals surface area contributed by atoms with Gasteiger partial charge in [0.25, 0.3) is 0 Å². The highest BCUT2D eigenvalue weighted by Crippen LogP contribution is 2.08. The molecule has 0 saturated heterocycles. The molecule has 0 radical (unpaired) electrons. The molecule has 1 atom stereocenters. The van der Waals surface area contributed by atoms with Crippen molar-refractivity contribution in [3.8, 4) is 0 Å². The molecule has 0 aromatic carbocycles. The smallest absolute Gasteiger partial charge is 0.105 e. The first-order valence-corrected chi connectivity index (χ1v) is 4.85. The molecule has 1 heterocycles. The number of nitrogens with two attached hydrogens (primary N) is 1. The molecule has 0 bridgehead atoms. The van der Waals surface area contributed by atoms with Gasteiger partial charge in [-0.3, -0.25) is 11.3 Å². The van der Waals surface area contributed by atoms with Gasteiger partial charge in [0, 0.05) is 12.5 Å². The lowest BCUT2D eigenvalue weighted by molar-refractivity contribution is 0.421. The first kappa shape index (κ1) is 10.3. The highest BCUT2D eigenvalue weighted by atomic mass is 16.3. The first-order valence-electron chi connectivity index (χ1n) is 4.85. The summed E-state index contributed by atoms with van der Waals surface area (Å²) in [5, 5.41) is 0. The fourth-order valence-electron chi connectivity index (χ4n) is 1.37. The summed E-state index contributed by atoms with van der Waals surface area (Å²) in [6.07, 6.45) is 6.09. The molecule has 3 nitrogen and oxygen atoms in total. The summed E-state index contributed by atoms with van der Waals surface area (Å²) in [6.45, 7) is 2.18. The Kier molecular flexibility index (Phi) is 4.57. The maximum Gasteiger partial charge on any atom is 0.105 e. The summed E-state index contributed by atoms with van der Waals surface area (Å²) in [6, 6.07) is 4.23. The van der Waals surface area contributed by atoms with Crippen LogP contribution in [-0.2, 0) is 6.42 Å². The number of unbranched alkanes of at least 4 members (excludes halogenated alkanes) is 1. The van der Waals surface area contributed by atoms with Gasteiger partial charge in [0.05, 0.1) is 6.26 Å². The van der Waals surface area contributed by atoms with Gasteiger partial charge in [-0.1, -0.05) is 19.8 Å². The van der Waals surface area contributed by atoms with E-state index in [4.69, 9.17) is 10.3 Å². The Morgan fingerprint density at radius 2 is 2.46 bits per heavy atom. The van der Waals surface area contributed by atoms with Crippen LogP contribution in [0.4, 0.5) is 0 Å². The van der Waals surface area contributed by atoms with Crippen molar-refractivity contribution >= 4 is 0 Å². The fourth-order valence-corrected chi connectivity index (χ4v) is 1.37. The highest BCUT2D eigenvalue weighted by Gasteiger charge is 2.08. The van der Waals surface area contributed by atoms with Gasteiger partial charge in [-0.05, 0) is 18.6 Å². The lowest BCUT2D eigenvalue weighted by atomic mass is 10.1. The van der Waals surface area contributed by atoms with E-state index in [0.717, 1.165) is 18.6 Å². The van der Waals surface area contributed by atoms with Gasteiger partial charge >= 0.3 is 0 Å². The van der Waals surface area contributed by atoms with Gasteiger partial charge in [-0.2, -0.15) is 0 Å². The SMILES string of the molecule is CCCCC(Cc1ccco1)NN. The van der Waals surface area contributed by atoms with E-state index in [2.05, 4.69) is 12.3 Å². The molecule has 3 N–H and O–H groups in total. The Hall–Kier alpha value is -0.800. The van der Waals surface area contributed by atoms with E-state index in [1.807, 2.05) is 12.1 Å². The van der Waals surface area contributed by atoms with E-state index in [1.165, 1.54) is 12.8 Å². The zero-order valence-electron chi connectivity index (χ0n) is 8.12. The second kappa shape index (κ2) is 5.78. The van der Waals surface area contributed by atoms with Crippen molar-refractivity contribution < 1.29 is 4.42 Å². The van der Waals surface area contributed by atoms with Crippen LogP contribution in [0.15, 0.2) is 22.8 Å². The van der Waals surface area contributed by atoms with Gasteiger partial charge in [-0.25, -0.2) is 0 Å². The van der Waals surface area contributed by atoms with Crippen LogP contribution in [0.2, 0.25) is 0 Å². The number of hydrogen-bond donors (Lipinski definition) is 2. The minimum Gasteiger partial charge on any atom is -0.469 e. The van der Waals surface area contributed by atoms with E-state index < -0.39 is 0 Å². The van der Waals surface area contributed by atoms with E-state index in [-0.39, 0.29) is 0 Å². The topological polar surface area (TPSA) is 51.2 Å². The molecule has 0 saturated carbocycles. The highest BCUT2D eigenvalue weighted by molar-refractivity contribution is 5.00. The average Bonchev–Trinajstić information content (AvgIpc) is 2.64. The molecule has 13 heavy (non-hydrogen) atoms. The van der Waals surface area contributed by atoms with Crippen LogP contribution in [0.5, 0.6) is 0 Å². The Morgan fingerprint density at radius 3 is 3.00 bits per heavy atom. The van der Waals surface area contributed by atoms with Crippen molar-refractivity contribution in [2.24, 2.45) is 5.84 Å². The molecule has 0 aliphatic rings. The Bertz CT molecular complexity index is 209. The minimum absolute atomic E-state index is 0.339. The Balaban J connectivity index is 2.31. The van der Waals surface area contributed by atoms with Crippen molar-refractivity contribution in [1.82, 2.24) is 5.43 Å². The third-order valence-corrected chi connectivity index (χ3v) is 2.17. The zero-order valence-corrected chi connectivity index (χ0v) is 8.12. The van der Waals surface area contributed by atoms with Crippen molar-refractivity contribution in [2.45, 2.75) is 38.6 Å². The van der Waals surface area contributed by atoms with E-state index in [9.17, 15) is 0 Å². The number of hydrazine groups is 1. The second-order valence-corrected chi connectivity index (χ2v) is 3.29. The van der Waals surface area contributed by atoms with Crippen LogP contribution < -0.4 is 11.3 Å². The molecule has 0 aliphatic heterocycles. The summed E-state index contributed by atoms with van der Waals surface area (Å²) < 4.78 is 5.25. The minimum atomic E-state index is 0.339. The van der Waals surface area contributed by atoms with Crippen molar-refractivity contribution in [2.75, 3.05) is 0 Å². The number of nitrogens with one attached hydrogen (secondary N) is 1. The third kappa shape index (κ3) is 3.61. The van der Waals surface area contributed by atoms with Crippen molar-refractivity contribution in [1.29, 1.82) is 0 Å². The molecular formula is C10H18N2O. The molecule has 0 fully saturated rings. The van der Waals surface area contributed by atoms with Crippen LogP contribution in [0, 0.1) is 0 Å². The third-order valence-electron chi connectivity index (χ3n) is 2.17. The lowest BCUT2D eigenvalue weighted by Gasteiger charge is -2.13. The van der Waals surface area contributed by atoms with E-state index >= 15 is 0 Å². The average molecular weight is 182 g/mol. The molecule has 3 heteroatoms. The number of furan rings is 1. The Labute approximate surface area is 79.3 Å². The van der Waals surface area contributed by atoms with Crippen LogP contribution in [0.1, 0.15) is 31.9 Å². The van der Waals surface area contributed by atoms with Gasteiger partial charge in [0.15, 0.2) is 0 Å². The molecular weight excluding hydrogens is 164 g/mol. The quantitative estimate of drug-likeness (QED) is 0.521. The van der Waals surface area contributed by atoms with Crippen LogP contribution >= 0.6 is 0 Å². The largest absolute Gasteiger partial charge is 0.469 e. The molecule has 0 spiro atoms. The predicted octanol–water partition coefficient (Wildman–Crippen LogP) is 1.84. The number of rotatable bonds is 6. The normalized spacial score (nSPS) is 13.1. The van der Waals surface area contributed by atoms with Crippen LogP contribution in [-0.4, -0.2) is 6.04 Å². The summed E-state index contributed by atoms with van der Waals surface area (Å²) >= 11 is 0. The molecule has 1 aromatic rings. The summed E-state index contributed by atoms with van der Waals surface area (Å²) in [7, 11) is 0. The fraction of sp³-hybridized carbons (Fsp3) is 0.600. The molecule has 1 unspecified atom stereocenters. The molecule has 0 amide bonds. The number of hydrogen-bond acceptors (Lipinski definition) is 3. The maximum atomic E-state index is 5.44. The molecule has 1 rings (SSSR count). The first-order chi connectivity index (χ1) is 6.36. The van der Waals surface area contributed by atoms with Gasteiger partial charge in [0.1, 0.15) is 5.76 Å². The van der Waals surface area contributed by atoms with Gasteiger partial charge < -0.3 is 4.42 Å². The zero-order chi connectivity index (χ0) is 9.52. The predicted molar refractivity (Wildman–Crippen MR) is 53.0 cm³/mol. The second-order valence-electron chi connectivity index (χ2n) is 3.29. The standard InChI is InChI=1S/C10H18N2O/c1-2-3-5-9(12-11)8-10-6-4-7-13-10/h4,6-7,9,12H,2-3,5,8,11H2,1H3. The molecule has 0 aliphatic carbocycles. The van der Waals surface area contributed by atoms with Crippen LogP contribution in [0.25, 0.3) is 0 Å². The molecule has 74 valence electrons. The lowest BCUT2D eigenvalue weighted by Crippen LogP contribution is -2.36. The van der Waals surface area contributed by atoms with Crippen LogP contribution in [0.3, 0.4) is 0 Å². The van der Waals surface area contributed by atoms with Gasteiger partial charge in [0.2, 0.25) is 0 Å². The summed E-state index contributed by atoms with van der Waals surface area (Å²) in [5.74, 6) is 6.44. The molecule has 1 aromatic heterocycles. The maximum absolute atomic E-state index is 5.44. The summed E-state index contributed by atoms with van der Waals surface area (Å²) in [4.78, 5) is 0. The van der Waals surface area contributed by atoms with Crippen molar-refractivity contribution in [3.63, 3.8) is 0 Å². The summed E-state index contributed by atoms with van der Waals surface area (Å²) in [5.41, 5.74) is 2.82. The Morgan fingerprint density at radius 1 is 1.62 bits per heavy atom. The van der Waals surface area contributed by atoms with E-state index in [1.54, 1.807) is 6.26 Å². The monoisotopic (exact) mass is 182 g/mol. The van der Waals surface area contributed by atoms with E-state index in [0.29, 0.717) is 6.04 Å².